The van der Waals surface area contributed by atoms with Crippen molar-refractivity contribution in [3.05, 3.63) is 48.0 Å². The van der Waals surface area contributed by atoms with Crippen LogP contribution in [0.1, 0.15) is 56.3 Å². The largest absolute Gasteiger partial charge is 0.497 e. The third kappa shape index (κ3) is 7.16. The molecule has 1 aliphatic carbocycles. The fraction of sp³-hybridized carbons (Fsp3) is 0.533. The van der Waals surface area contributed by atoms with Crippen LogP contribution >= 0.6 is 0 Å². The summed E-state index contributed by atoms with van der Waals surface area (Å²) in [5, 5.41) is 15.8. The summed E-state index contributed by atoms with van der Waals surface area (Å²) in [6, 6.07) is 10.3. The average Bonchev–Trinajstić information content (AvgIpc) is 2.99. The number of hydrogen-bond donors (Lipinski definition) is 3. The summed E-state index contributed by atoms with van der Waals surface area (Å²) in [6.45, 7) is 3.60. The van der Waals surface area contributed by atoms with Crippen LogP contribution in [-0.4, -0.2) is 86.7 Å². The molecule has 0 unspecified atom stereocenters. The van der Waals surface area contributed by atoms with Crippen molar-refractivity contribution in [1.29, 1.82) is 0 Å². The van der Waals surface area contributed by atoms with Gasteiger partial charge in [0.2, 0.25) is 10.0 Å². The van der Waals surface area contributed by atoms with Crippen LogP contribution in [0.15, 0.2) is 47.4 Å². The van der Waals surface area contributed by atoms with Crippen LogP contribution in [0.2, 0.25) is 0 Å². The zero-order valence-corrected chi connectivity index (χ0v) is 25.5. The van der Waals surface area contributed by atoms with Crippen LogP contribution < -0.4 is 20.1 Å². The zero-order chi connectivity index (χ0) is 30.4. The first kappa shape index (κ1) is 31.6. The topological polar surface area (TPSA) is 138 Å². The Morgan fingerprint density at radius 1 is 1.17 bits per heavy atom. The lowest BCUT2D eigenvalue weighted by Gasteiger charge is -2.38. The molecule has 42 heavy (non-hydrogen) atoms. The first-order chi connectivity index (χ1) is 20.0. The summed E-state index contributed by atoms with van der Waals surface area (Å²) in [5.74, 6) is 0.0462. The molecule has 1 heterocycles. The highest BCUT2D eigenvalue weighted by atomic mass is 32.2. The molecule has 1 fully saturated rings. The zero-order valence-electron chi connectivity index (χ0n) is 24.7. The van der Waals surface area contributed by atoms with Crippen molar-refractivity contribution < 1.29 is 32.6 Å². The lowest BCUT2D eigenvalue weighted by atomic mass is 9.96. The van der Waals surface area contributed by atoms with E-state index in [0.29, 0.717) is 11.4 Å². The van der Waals surface area contributed by atoms with Gasteiger partial charge in [-0.2, -0.15) is 4.31 Å². The summed E-state index contributed by atoms with van der Waals surface area (Å²) in [4.78, 5) is 28.4. The highest BCUT2D eigenvalue weighted by Gasteiger charge is 2.36. The Kier molecular flexibility index (Phi) is 10.3. The minimum atomic E-state index is -3.88. The van der Waals surface area contributed by atoms with E-state index in [0.717, 1.165) is 32.1 Å². The van der Waals surface area contributed by atoms with Gasteiger partial charge in [-0.05, 0) is 56.2 Å². The van der Waals surface area contributed by atoms with E-state index in [9.17, 15) is 23.1 Å². The number of nitrogens with one attached hydrogen (secondary N) is 2. The van der Waals surface area contributed by atoms with Crippen molar-refractivity contribution in [2.75, 3.05) is 39.2 Å². The van der Waals surface area contributed by atoms with Crippen LogP contribution in [0.3, 0.4) is 0 Å². The smallest absolute Gasteiger partial charge is 0.319 e. The molecule has 1 saturated carbocycles. The van der Waals surface area contributed by atoms with Crippen LogP contribution in [-0.2, 0) is 10.0 Å². The van der Waals surface area contributed by atoms with Gasteiger partial charge in [-0.25, -0.2) is 13.2 Å². The predicted octanol–water partition coefficient (Wildman–Crippen LogP) is 3.69. The van der Waals surface area contributed by atoms with Crippen molar-refractivity contribution >= 4 is 27.6 Å². The number of methoxy groups -OCH3 is 1. The molecule has 0 aromatic heterocycles. The number of fused-ring (bicyclic) bond motifs is 1. The van der Waals surface area contributed by atoms with Gasteiger partial charge in [0.05, 0.1) is 42.4 Å². The SMILES string of the molecule is COc1ccc(S(=O)(=O)N(C)C[C@@H]2Oc3c(NC(=O)NC4CCCCC4)cccc3C(=O)N([C@@H](C)CO)C[C@@H]2C)cc1. The second-order valence-corrected chi connectivity index (χ2v) is 13.2. The van der Waals surface area contributed by atoms with E-state index in [1.807, 2.05) is 6.92 Å². The number of sulfonamides is 1. The van der Waals surface area contributed by atoms with Gasteiger partial charge < -0.3 is 30.1 Å². The van der Waals surface area contributed by atoms with Crippen molar-refractivity contribution in [3.63, 3.8) is 0 Å². The first-order valence-corrected chi connectivity index (χ1v) is 15.9. The van der Waals surface area contributed by atoms with E-state index < -0.39 is 28.2 Å². The maximum atomic E-state index is 13.7. The summed E-state index contributed by atoms with van der Waals surface area (Å²) in [5.41, 5.74) is 0.536. The molecule has 12 heteroatoms. The predicted molar refractivity (Wildman–Crippen MR) is 159 cm³/mol. The van der Waals surface area contributed by atoms with E-state index in [1.165, 1.54) is 30.6 Å². The van der Waals surface area contributed by atoms with Gasteiger partial charge in [-0.15, -0.1) is 0 Å². The Balaban J connectivity index is 1.65. The normalized spacial score (nSPS) is 20.6. The molecule has 0 spiro atoms. The van der Waals surface area contributed by atoms with Gasteiger partial charge in [-0.3, -0.25) is 4.79 Å². The lowest BCUT2D eigenvalue weighted by Crippen LogP contribution is -2.50. The number of urea groups is 1. The van der Waals surface area contributed by atoms with Crippen LogP contribution in [0.5, 0.6) is 11.5 Å². The Hall–Kier alpha value is -3.35. The number of carbonyl (C=O) groups is 2. The summed E-state index contributed by atoms with van der Waals surface area (Å²) < 4.78 is 39.7. The van der Waals surface area contributed by atoms with Gasteiger partial charge in [0.15, 0.2) is 5.75 Å². The fourth-order valence-electron chi connectivity index (χ4n) is 5.43. The van der Waals surface area contributed by atoms with E-state index in [1.54, 1.807) is 42.2 Å². The number of ether oxygens (including phenoxy) is 2. The molecule has 3 N–H and O–H groups in total. The number of rotatable bonds is 9. The molecule has 0 radical (unpaired) electrons. The highest BCUT2D eigenvalue weighted by Crippen LogP contribution is 2.35. The van der Waals surface area contributed by atoms with Crippen molar-refractivity contribution in [3.8, 4) is 11.5 Å². The number of benzene rings is 2. The molecule has 4 rings (SSSR count). The molecule has 0 bridgehead atoms. The second-order valence-electron chi connectivity index (χ2n) is 11.2. The fourth-order valence-corrected chi connectivity index (χ4v) is 6.61. The van der Waals surface area contributed by atoms with Gasteiger partial charge in [0.1, 0.15) is 11.9 Å². The number of para-hydroxylation sites is 1. The number of likely N-dealkylation sites (N-methyl/N-ethyl adjacent to an activating group) is 1. The number of nitrogens with zero attached hydrogens (tertiary/aromatic N) is 2. The molecule has 2 aromatic rings. The third-order valence-corrected chi connectivity index (χ3v) is 9.92. The minimum absolute atomic E-state index is 0.0207. The molecule has 230 valence electrons. The standard InChI is InChI=1S/C30H42N4O7S/c1-20-17-34(21(2)19-35)29(36)25-11-8-12-26(32-30(37)31-22-9-6-5-7-10-22)28(25)41-27(20)18-33(3)42(38,39)24-15-13-23(40-4)14-16-24/h8,11-16,20-22,27,35H,5-7,9-10,17-19H2,1-4H3,(H2,31,32,37)/t20-,21-,27-/m0/s1. The van der Waals surface area contributed by atoms with Gasteiger partial charge in [0, 0.05) is 25.6 Å². The number of aliphatic hydroxyl groups is 1. The Morgan fingerprint density at radius 3 is 2.50 bits per heavy atom. The number of carbonyl (C=O) groups excluding carboxylic acids is 2. The number of amides is 3. The highest BCUT2D eigenvalue weighted by molar-refractivity contribution is 7.89. The molecular weight excluding hydrogens is 560 g/mol. The Labute approximate surface area is 248 Å². The number of hydrogen-bond acceptors (Lipinski definition) is 7. The minimum Gasteiger partial charge on any atom is -0.497 e. The second kappa shape index (κ2) is 13.7. The first-order valence-electron chi connectivity index (χ1n) is 14.4. The van der Waals surface area contributed by atoms with Gasteiger partial charge >= 0.3 is 6.03 Å². The number of aliphatic hydroxyl groups excluding tert-OH is 1. The molecule has 2 aromatic carbocycles. The molecule has 1 aliphatic heterocycles. The monoisotopic (exact) mass is 602 g/mol. The van der Waals surface area contributed by atoms with Gasteiger partial charge in [0.25, 0.3) is 5.91 Å². The Morgan fingerprint density at radius 2 is 1.86 bits per heavy atom. The van der Waals surface area contributed by atoms with E-state index in [-0.39, 0.29) is 53.8 Å². The maximum absolute atomic E-state index is 13.7. The van der Waals surface area contributed by atoms with Crippen LogP contribution in [0, 0.1) is 5.92 Å². The van der Waals surface area contributed by atoms with Crippen molar-refractivity contribution in [2.24, 2.45) is 5.92 Å². The summed E-state index contributed by atoms with van der Waals surface area (Å²) in [6.07, 6.45) is 4.43. The molecule has 3 amide bonds. The quantitative estimate of drug-likeness (QED) is 0.398. The van der Waals surface area contributed by atoms with Crippen LogP contribution in [0.25, 0.3) is 0 Å². The number of anilines is 1. The van der Waals surface area contributed by atoms with E-state index >= 15 is 0 Å². The maximum Gasteiger partial charge on any atom is 0.319 e. The van der Waals surface area contributed by atoms with E-state index in [4.69, 9.17) is 9.47 Å². The van der Waals surface area contributed by atoms with Gasteiger partial charge in [-0.1, -0.05) is 32.3 Å². The molecule has 0 saturated heterocycles. The summed E-state index contributed by atoms with van der Waals surface area (Å²) >= 11 is 0. The third-order valence-electron chi connectivity index (χ3n) is 8.08. The van der Waals surface area contributed by atoms with Crippen molar-refractivity contribution in [1.82, 2.24) is 14.5 Å². The van der Waals surface area contributed by atoms with E-state index in [2.05, 4.69) is 10.6 Å². The molecule has 11 nitrogen and oxygen atoms in total. The van der Waals surface area contributed by atoms with Crippen LogP contribution in [0.4, 0.5) is 10.5 Å². The molecule has 3 atom stereocenters. The molecular formula is C30H42N4O7S. The Bertz CT molecular complexity index is 1350. The molecule has 2 aliphatic rings. The van der Waals surface area contributed by atoms with Crippen molar-refractivity contribution in [2.45, 2.75) is 69.0 Å². The summed E-state index contributed by atoms with van der Waals surface area (Å²) in [7, 11) is -0.887. The lowest BCUT2D eigenvalue weighted by molar-refractivity contribution is 0.0389. The average molecular weight is 603 g/mol.